The van der Waals surface area contributed by atoms with Gasteiger partial charge in [0, 0.05) is 25.3 Å². The zero-order valence-electron chi connectivity index (χ0n) is 14.4. The lowest BCUT2D eigenvalue weighted by molar-refractivity contribution is 0.0505. The number of carbonyl (C=O) groups is 1. The number of furan rings is 1. The van der Waals surface area contributed by atoms with Gasteiger partial charge in [-0.05, 0) is 25.0 Å². The van der Waals surface area contributed by atoms with Crippen LogP contribution in [0, 0.1) is 0 Å². The van der Waals surface area contributed by atoms with Crippen LogP contribution in [-0.4, -0.2) is 37.2 Å². The van der Waals surface area contributed by atoms with Gasteiger partial charge in [-0.15, -0.1) is 0 Å². The van der Waals surface area contributed by atoms with Gasteiger partial charge in [0.25, 0.3) is 5.91 Å². The van der Waals surface area contributed by atoms with Gasteiger partial charge < -0.3 is 24.5 Å². The van der Waals surface area contributed by atoms with E-state index in [9.17, 15) is 4.79 Å². The lowest BCUT2D eigenvalue weighted by Gasteiger charge is -2.26. The molecule has 3 rings (SSSR count). The van der Waals surface area contributed by atoms with Crippen molar-refractivity contribution in [2.45, 2.75) is 32.0 Å². The fourth-order valence-electron chi connectivity index (χ4n) is 3.08. The fourth-order valence-corrected chi connectivity index (χ4v) is 3.08. The first-order chi connectivity index (χ1) is 12.2. The van der Waals surface area contributed by atoms with Gasteiger partial charge in [-0.3, -0.25) is 4.79 Å². The van der Waals surface area contributed by atoms with Crippen LogP contribution >= 0.6 is 0 Å². The summed E-state index contributed by atoms with van der Waals surface area (Å²) in [5, 5.41) is 0. The predicted molar refractivity (Wildman–Crippen MR) is 93.3 cm³/mol. The summed E-state index contributed by atoms with van der Waals surface area (Å²) in [6.07, 6.45) is 3.54. The van der Waals surface area contributed by atoms with E-state index in [-0.39, 0.29) is 18.6 Å². The van der Waals surface area contributed by atoms with E-state index >= 15 is 0 Å². The highest BCUT2D eigenvalue weighted by atomic mass is 16.5. The molecule has 25 heavy (non-hydrogen) atoms. The van der Waals surface area contributed by atoms with E-state index in [0.717, 1.165) is 30.8 Å². The van der Waals surface area contributed by atoms with Crippen LogP contribution in [0.3, 0.4) is 0 Å². The molecule has 0 aliphatic carbocycles. The second kappa shape index (κ2) is 8.18. The van der Waals surface area contributed by atoms with E-state index in [1.807, 2.05) is 24.3 Å². The third-order valence-corrected chi connectivity index (χ3v) is 4.39. The minimum atomic E-state index is -0.0927. The molecule has 1 fully saturated rings. The quantitative estimate of drug-likeness (QED) is 0.835. The Morgan fingerprint density at radius 2 is 2.24 bits per heavy atom. The van der Waals surface area contributed by atoms with E-state index in [4.69, 9.17) is 19.6 Å². The first kappa shape index (κ1) is 17.5. The molecule has 134 valence electrons. The molecule has 2 heterocycles. The molecular formula is C19H24N2O4. The number of carbonyl (C=O) groups excluding carboxylic acids is 1. The van der Waals surface area contributed by atoms with E-state index in [1.54, 1.807) is 18.1 Å². The highest BCUT2D eigenvalue weighted by Gasteiger charge is 2.25. The molecule has 1 amide bonds. The number of rotatable bonds is 7. The Morgan fingerprint density at radius 1 is 1.40 bits per heavy atom. The second-order valence-corrected chi connectivity index (χ2v) is 6.14. The topological polar surface area (TPSA) is 77.9 Å². The van der Waals surface area contributed by atoms with Gasteiger partial charge in [0.1, 0.15) is 17.8 Å². The largest absolute Gasteiger partial charge is 0.496 e. The molecule has 0 bridgehead atoms. The molecule has 1 unspecified atom stereocenters. The molecule has 6 heteroatoms. The second-order valence-electron chi connectivity index (χ2n) is 6.14. The molecule has 0 spiro atoms. The summed E-state index contributed by atoms with van der Waals surface area (Å²) in [4.78, 5) is 14.8. The van der Waals surface area contributed by atoms with Gasteiger partial charge >= 0.3 is 0 Å². The summed E-state index contributed by atoms with van der Waals surface area (Å²) >= 11 is 0. The average Bonchev–Trinajstić information content (AvgIpc) is 3.32. The van der Waals surface area contributed by atoms with Crippen LogP contribution in [0.25, 0.3) is 0 Å². The molecule has 1 atom stereocenters. The van der Waals surface area contributed by atoms with E-state index in [0.29, 0.717) is 24.4 Å². The number of nitrogens with zero attached hydrogens (tertiary/aromatic N) is 1. The van der Waals surface area contributed by atoms with Gasteiger partial charge in [-0.1, -0.05) is 18.2 Å². The Hall–Kier alpha value is -2.31. The fraction of sp³-hybridized carbons (Fsp3) is 0.421. The maximum absolute atomic E-state index is 13.0. The summed E-state index contributed by atoms with van der Waals surface area (Å²) in [6, 6.07) is 9.42. The molecule has 6 nitrogen and oxygen atoms in total. The average molecular weight is 344 g/mol. The molecule has 1 saturated heterocycles. The van der Waals surface area contributed by atoms with Crippen molar-refractivity contribution in [1.82, 2.24) is 4.90 Å². The molecular weight excluding hydrogens is 320 g/mol. The Bertz CT molecular complexity index is 707. The number of ether oxygens (including phenoxy) is 2. The minimum Gasteiger partial charge on any atom is -0.496 e. The molecule has 0 radical (unpaired) electrons. The third kappa shape index (κ3) is 4.21. The van der Waals surface area contributed by atoms with Crippen molar-refractivity contribution in [3.63, 3.8) is 0 Å². The van der Waals surface area contributed by atoms with Crippen molar-refractivity contribution in [3.05, 3.63) is 53.5 Å². The number of benzene rings is 1. The Labute approximate surface area is 147 Å². The van der Waals surface area contributed by atoms with Gasteiger partial charge in [-0.25, -0.2) is 0 Å². The maximum atomic E-state index is 13.0. The highest BCUT2D eigenvalue weighted by molar-refractivity contribution is 5.94. The van der Waals surface area contributed by atoms with Crippen LogP contribution in [0.15, 0.2) is 41.0 Å². The van der Waals surface area contributed by atoms with Crippen LogP contribution in [0.4, 0.5) is 0 Å². The zero-order chi connectivity index (χ0) is 17.6. The Balaban J connectivity index is 1.82. The van der Waals surface area contributed by atoms with Crippen molar-refractivity contribution >= 4 is 5.91 Å². The molecule has 1 aliphatic heterocycles. The first-order valence-corrected chi connectivity index (χ1v) is 8.51. The lowest BCUT2D eigenvalue weighted by atomic mass is 10.1. The lowest BCUT2D eigenvalue weighted by Crippen LogP contribution is -2.36. The van der Waals surface area contributed by atoms with Crippen molar-refractivity contribution in [3.8, 4) is 5.75 Å². The SMILES string of the molecule is COc1ccccc1CN(CC1CCCO1)C(=O)c1coc(CN)c1. The standard InChI is InChI=1S/C19H24N2O4/c1-23-18-7-3-2-5-14(18)11-21(12-16-6-4-8-24-16)19(22)15-9-17(10-20)25-13-15/h2-3,5,7,9,13,16H,4,6,8,10-12,20H2,1H3. The van der Waals surface area contributed by atoms with Crippen LogP contribution in [0.1, 0.15) is 34.5 Å². The number of hydrogen-bond donors (Lipinski definition) is 1. The molecule has 2 aromatic rings. The normalized spacial score (nSPS) is 16.8. The summed E-state index contributed by atoms with van der Waals surface area (Å²) in [5.41, 5.74) is 7.04. The number of hydrogen-bond acceptors (Lipinski definition) is 5. The molecule has 1 aromatic heterocycles. The monoisotopic (exact) mass is 344 g/mol. The van der Waals surface area contributed by atoms with Gasteiger partial charge in [0.05, 0.1) is 25.3 Å². The van der Waals surface area contributed by atoms with Crippen LogP contribution in [-0.2, 0) is 17.8 Å². The Morgan fingerprint density at radius 3 is 2.92 bits per heavy atom. The smallest absolute Gasteiger partial charge is 0.257 e. The third-order valence-electron chi connectivity index (χ3n) is 4.39. The number of methoxy groups -OCH3 is 1. The molecule has 2 N–H and O–H groups in total. The van der Waals surface area contributed by atoms with E-state index in [1.165, 1.54) is 6.26 Å². The number of amides is 1. The minimum absolute atomic E-state index is 0.0690. The van der Waals surface area contributed by atoms with Gasteiger partial charge in [-0.2, -0.15) is 0 Å². The van der Waals surface area contributed by atoms with Crippen LogP contribution in [0.5, 0.6) is 5.75 Å². The van der Waals surface area contributed by atoms with Crippen molar-refractivity contribution in [2.75, 3.05) is 20.3 Å². The summed E-state index contributed by atoms with van der Waals surface area (Å²) in [7, 11) is 1.63. The number of para-hydroxylation sites is 1. The molecule has 1 aromatic carbocycles. The molecule has 0 saturated carbocycles. The zero-order valence-corrected chi connectivity index (χ0v) is 14.4. The van der Waals surface area contributed by atoms with Crippen molar-refractivity contribution in [1.29, 1.82) is 0 Å². The van der Waals surface area contributed by atoms with Crippen LogP contribution in [0.2, 0.25) is 0 Å². The van der Waals surface area contributed by atoms with Gasteiger partial charge in [0.15, 0.2) is 0 Å². The van der Waals surface area contributed by atoms with Crippen LogP contribution < -0.4 is 10.5 Å². The summed E-state index contributed by atoms with van der Waals surface area (Å²) in [6.45, 7) is 2.02. The van der Waals surface area contributed by atoms with Gasteiger partial charge in [0.2, 0.25) is 0 Å². The Kier molecular flexibility index (Phi) is 5.73. The maximum Gasteiger partial charge on any atom is 0.257 e. The van der Waals surface area contributed by atoms with E-state index < -0.39 is 0 Å². The summed E-state index contributed by atoms with van der Waals surface area (Å²) < 4.78 is 16.5. The predicted octanol–water partition coefficient (Wildman–Crippen LogP) is 2.57. The first-order valence-electron chi connectivity index (χ1n) is 8.51. The molecule has 1 aliphatic rings. The number of nitrogens with two attached hydrogens (primary N) is 1. The van der Waals surface area contributed by atoms with Crippen molar-refractivity contribution < 1.29 is 18.7 Å². The van der Waals surface area contributed by atoms with E-state index in [2.05, 4.69) is 0 Å². The van der Waals surface area contributed by atoms with Crippen molar-refractivity contribution in [2.24, 2.45) is 5.73 Å². The summed E-state index contributed by atoms with van der Waals surface area (Å²) in [5.74, 6) is 1.27. The highest BCUT2D eigenvalue weighted by Crippen LogP contribution is 2.23.